The van der Waals surface area contributed by atoms with Crippen LogP contribution in [-0.4, -0.2) is 38.4 Å². The topological polar surface area (TPSA) is 47.6 Å². The van der Waals surface area contributed by atoms with Gasteiger partial charge in [0.25, 0.3) is 0 Å². The Bertz CT molecular complexity index is 209. The molecule has 0 aromatic carbocycles. The average Bonchev–Trinajstić information content (AvgIpc) is 1.94. The Kier molecular flexibility index (Phi) is 2.26. The van der Waals surface area contributed by atoms with Gasteiger partial charge in [0.1, 0.15) is 6.10 Å². The molecule has 1 N–H and O–H groups in total. The number of ether oxygens (including phenoxy) is 2. The van der Waals surface area contributed by atoms with Crippen molar-refractivity contribution in [1.29, 1.82) is 0 Å². The summed E-state index contributed by atoms with van der Waals surface area (Å²) in [6, 6.07) is 0. The molecule has 2 heterocycles. The first kappa shape index (κ1) is 8.97. The number of rotatable bonds is 3. The molecule has 1 unspecified atom stereocenters. The predicted molar refractivity (Wildman–Crippen MR) is 46.3 cm³/mol. The van der Waals surface area contributed by atoms with E-state index >= 15 is 0 Å². The minimum Gasteiger partial charge on any atom is -0.380 e. The summed E-state index contributed by atoms with van der Waals surface area (Å²) in [5.74, 6) is 0.0272. The summed E-state index contributed by atoms with van der Waals surface area (Å²) in [4.78, 5) is 11.3. The highest BCUT2D eigenvalue weighted by molar-refractivity contribution is 5.81. The lowest BCUT2D eigenvalue weighted by Crippen LogP contribution is -2.52. The van der Waals surface area contributed by atoms with Gasteiger partial charge in [0.2, 0.25) is 5.91 Å². The Hall–Kier alpha value is -0.610. The summed E-state index contributed by atoms with van der Waals surface area (Å²) in [5.41, 5.74) is 0.152. The van der Waals surface area contributed by atoms with Gasteiger partial charge in [-0.2, -0.15) is 0 Å². The van der Waals surface area contributed by atoms with Crippen LogP contribution < -0.4 is 5.32 Å². The van der Waals surface area contributed by atoms with Gasteiger partial charge in [-0.25, -0.2) is 0 Å². The van der Waals surface area contributed by atoms with Crippen LogP contribution in [0.25, 0.3) is 0 Å². The van der Waals surface area contributed by atoms with Crippen molar-refractivity contribution in [1.82, 2.24) is 5.32 Å². The van der Waals surface area contributed by atoms with E-state index < -0.39 is 0 Å². The van der Waals surface area contributed by atoms with Gasteiger partial charge in [0.05, 0.1) is 19.8 Å². The van der Waals surface area contributed by atoms with Gasteiger partial charge in [0, 0.05) is 18.4 Å². The summed E-state index contributed by atoms with van der Waals surface area (Å²) in [6.45, 7) is 5.03. The normalized spacial score (nSPS) is 30.1. The molecule has 1 amide bonds. The largest absolute Gasteiger partial charge is 0.380 e. The molecule has 2 rings (SSSR count). The molecule has 0 radical (unpaired) electrons. The Morgan fingerprint density at radius 1 is 1.62 bits per heavy atom. The van der Waals surface area contributed by atoms with Crippen molar-refractivity contribution < 1.29 is 14.3 Å². The van der Waals surface area contributed by atoms with Gasteiger partial charge in [-0.3, -0.25) is 4.79 Å². The molecule has 0 spiro atoms. The lowest BCUT2D eigenvalue weighted by atomic mass is 9.88. The second kappa shape index (κ2) is 3.27. The number of hydrogen-bond acceptors (Lipinski definition) is 3. The van der Waals surface area contributed by atoms with E-state index in [0.717, 1.165) is 26.2 Å². The highest BCUT2D eigenvalue weighted by Crippen LogP contribution is 2.25. The van der Waals surface area contributed by atoms with Crippen molar-refractivity contribution in [2.45, 2.75) is 19.4 Å². The molecule has 2 saturated heterocycles. The third-order valence-corrected chi connectivity index (χ3v) is 2.58. The van der Waals surface area contributed by atoms with Gasteiger partial charge in [-0.1, -0.05) is 6.92 Å². The van der Waals surface area contributed by atoms with Crippen LogP contribution in [0, 0.1) is 5.41 Å². The fraction of sp³-hybridized carbons (Fsp3) is 0.889. The van der Waals surface area contributed by atoms with E-state index in [9.17, 15) is 4.79 Å². The monoisotopic (exact) mass is 185 g/mol. The van der Waals surface area contributed by atoms with Gasteiger partial charge in [-0.05, 0) is 0 Å². The van der Waals surface area contributed by atoms with Crippen LogP contribution in [0.5, 0.6) is 0 Å². The minimum absolute atomic E-state index is 0.0272. The van der Waals surface area contributed by atoms with Crippen LogP contribution in [-0.2, 0) is 14.3 Å². The summed E-state index contributed by atoms with van der Waals surface area (Å²) in [5, 5.41) is 2.88. The van der Waals surface area contributed by atoms with E-state index in [4.69, 9.17) is 9.47 Å². The molecule has 2 fully saturated rings. The number of carbonyl (C=O) groups excluding carboxylic acids is 1. The Balaban J connectivity index is 1.69. The summed E-state index contributed by atoms with van der Waals surface area (Å²) < 4.78 is 10.2. The maximum absolute atomic E-state index is 11.3. The van der Waals surface area contributed by atoms with Gasteiger partial charge < -0.3 is 14.8 Å². The van der Waals surface area contributed by atoms with Crippen LogP contribution in [0.15, 0.2) is 0 Å². The van der Waals surface area contributed by atoms with Crippen LogP contribution >= 0.6 is 0 Å². The lowest BCUT2D eigenvalue weighted by Gasteiger charge is -2.38. The zero-order valence-corrected chi connectivity index (χ0v) is 7.84. The molecular weight excluding hydrogens is 170 g/mol. The molecule has 0 saturated carbocycles. The zero-order valence-electron chi connectivity index (χ0n) is 7.84. The van der Waals surface area contributed by atoms with E-state index in [-0.39, 0.29) is 17.4 Å². The molecule has 1 atom stereocenters. The summed E-state index contributed by atoms with van der Waals surface area (Å²) >= 11 is 0. The molecule has 0 aliphatic carbocycles. The highest BCUT2D eigenvalue weighted by Gasteiger charge is 2.35. The van der Waals surface area contributed by atoms with Crippen molar-refractivity contribution in [3.8, 4) is 0 Å². The van der Waals surface area contributed by atoms with Crippen LogP contribution in [0.2, 0.25) is 0 Å². The predicted octanol–water partition coefficient (Wildman–Crippen LogP) is -0.0720. The van der Waals surface area contributed by atoms with Crippen molar-refractivity contribution in [3.05, 3.63) is 0 Å². The summed E-state index contributed by atoms with van der Waals surface area (Å²) in [6.07, 6.45) is 0.670. The van der Waals surface area contributed by atoms with Crippen molar-refractivity contribution in [2.24, 2.45) is 5.41 Å². The third-order valence-electron chi connectivity index (χ3n) is 2.58. The average molecular weight is 185 g/mol. The molecule has 2 aliphatic heterocycles. The minimum atomic E-state index is -0.190. The standard InChI is InChI=1S/C9H15NO3/c1-9(5-12-6-9)4-10-8(11)7-2-3-13-7/h7H,2-6H2,1H3,(H,10,11). The maximum atomic E-state index is 11.3. The maximum Gasteiger partial charge on any atom is 0.249 e. The zero-order chi connectivity index (χ0) is 9.31. The van der Waals surface area contributed by atoms with Crippen LogP contribution in [0.4, 0.5) is 0 Å². The Morgan fingerprint density at radius 3 is 2.69 bits per heavy atom. The second-order valence-electron chi connectivity index (χ2n) is 4.17. The number of amides is 1. The second-order valence-corrected chi connectivity index (χ2v) is 4.17. The first-order valence-electron chi connectivity index (χ1n) is 4.67. The molecule has 0 bridgehead atoms. The highest BCUT2D eigenvalue weighted by atomic mass is 16.5. The Labute approximate surface area is 77.6 Å². The fourth-order valence-electron chi connectivity index (χ4n) is 1.41. The number of carbonyl (C=O) groups is 1. The molecule has 0 aromatic heterocycles. The van der Waals surface area contributed by atoms with Crippen molar-refractivity contribution >= 4 is 5.91 Å². The molecular formula is C9H15NO3. The van der Waals surface area contributed by atoms with Gasteiger partial charge in [-0.15, -0.1) is 0 Å². The first-order chi connectivity index (χ1) is 6.20. The third kappa shape index (κ3) is 1.84. The van der Waals surface area contributed by atoms with Crippen LogP contribution in [0.3, 0.4) is 0 Å². The molecule has 13 heavy (non-hydrogen) atoms. The van der Waals surface area contributed by atoms with Crippen LogP contribution in [0.1, 0.15) is 13.3 Å². The molecule has 4 heteroatoms. The van der Waals surface area contributed by atoms with E-state index in [0.29, 0.717) is 6.54 Å². The van der Waals surface area contributed by atoms with E-state index in [1.54, 1.807) is 0 Å². The van der Waals surface area contributed by atoms with E-state index in [2.05, 4.69) is 12.2 Å². The van der Waals surface area contributed by atoms with Crippen molar-refractivity contribution in [2.75, 3.05) is 26.4 Å². The van der Waals surface area contributed by atoms with Gasteiger partial charge in [0.15, 0.2) is 0 Å². The van der Waals surface area contributed by atoms with Crippen molar-refractivity contribution in [3.63, 3.8) is 0 Å². The molecule has 4 nitrogen and oxygen atoms in total. The fourth-order valence-corrected chi connectivity index (χ4v) is 1.41. The van der Waals surface area contributed by atoms with Gasteiger partial charge >= 0.3 is 0 Å². The SMILES string of the molecule is CC1(CNC(=O)C2CCO2)COC1. The van der Waals surface area contributed by atoms with E-state index in [1.807, 2.05) is 0 Å². The smallest absolute Gasteiger partial charge is 0.249 e. The lowest BCUT2D eigenvalue weighted by molar-refractivity contribution is -0.148. The Morgan fingerprint density at radius 2 is 2.31 bits per heavy atom. The number of hydrogen-bond donors (Lipinski definition) is 1. The number of nitrogens with one attached hydrogen (secondary N) is 1. The van der Waals surface area contributed by atoms with E-state index in [1.165, 1.54) is 0 Å². The first-order valence-corrected chi connectivity index (χ1v) is 4.67. The molecule has 2 aliphatic rings. The molecule has 0 aromatic rings. The quantitative estimate of drug-likeness (QED) is 0.669. The molecule has 74 valence electrons. The summed E-state index contributed by atoms with van der Waals surface area (Å²) in [7, 11) is 0.